The smallest absolute Gasteiger partial charge is 0.163 e. The third-order valence-electron chi connectivity index (χ3n) is 10.1. The zero-order valence-corrected chi connectivity index (χ0v) is 26.0. The maximum atomic E-state index is 6.56. The van der Waals surface area contributed by atoms with Gasteiger partial charge in [0, 0.05) is 28.2 Å². The Labute approximate surface area is 278 Å². The Morgan fingerprint density at radius 2 is 1.17 bits per heavy atom. The van der Waals surface area contributed by atoms with Crippen LogP contribution in [0, 0.1) is 0 Å². The Balaban J connectivity index is 1.16. The molecule has 226 valence electrons. The van der Waals surface area contributed by atoms with Crippen molar-refractivity contribution in [2.75, 3.05) is 0 Å². The van der Waals surface area contributed by atoms with E-state index in [4.69, 9.17) is 19.7 Å². The summed E-state index contributed by atoms with van der Waals surface area (Å²) in [5.41, 5.74) is 9.00. The van der Waals surface area contributed by atoms with Gasteiger partial charge in [-0.05, 0) is 57.7 Å². The monoisotopic (exact) mass is 615 g/mol. The van der Waals surface area contributed by atoms with Crippen molar-refractivity contribution in [3.63, 3.8) is 0 Å². The van der Waals surface area contributed by atoms with Crippen LogP contribution in [0.15, 0.2) is 163 Å². The van der Waals surface area contributed by atoms with Crippen LogP contribution in [0.3, 0.4) is 0 Å². The van der Waals surface area contributed by atoms with Gasteiger partial charge in [0.05, 0.1) is 5.41 Å². The van der Waals surface area contributed by atoms with E-state index < -0.39 is 5.41 Å². The first-order chi connectivity index (χ1) is 23.8. The van der Waals surface area contributed by atoms with Crippen LogP contribution in [0.5, 0.6) is 11.5 Å². The van der Waals surface area contributed by atoms with Crippen LogP contribution in [0.25, 0.3) is 39.1 Å². The zero-order valence-electron chi connectivity index (χ0n) is 26.0. The summed E-state index contributed by atoms with van der Waals surface area (Å²) in [4.78, 5) is 15.4. The van der Waals surface area contributed by atoms with E-state index in [-0.39, 0.29) is 5.92 Å². The Kier molecular flexibility index (Phi) is 5.88. The molecule has 2 aliphatic carbocycles. The number of benzene rings is 6. The van der Waals surface area contributed by atoms with Crippen molar-refractivity contribution in [1.29, 1.82) is 0 Å². The standard InChI is InChI=1S/C44H29N3O/c1-2-13-29(14-3-1)41-45-42(31-23-22-28-12-4-5-15-30(28)26-31)47-43(46-41)32-24-25-34-33-16-6-7-17-35(33)44(38(34)27-32)36-18-8-10-20-39(36)48-40-21-11-9-19-37(40)44/h1-26,32H,27H2. The molecule has 0 saturated heterocycles. The number of hydrogen-bond acceptors (Lipinski definition) is 4. The number of aromatic nitrogens is 3. The van der Waals surface area contributed by atoms with E-state index in [2.05, 4.69) is 140 Å². The van der Waals surface area contributed by atoms with Crippen LogP contribution in [0.2, 0.25) is 0 Å². The Bertz CT molecular complexity index is 2430. The van der Waals surface area contributed by atoms with Gasteiger partial charge in [-0.3, -0.25) is 0 Å². The molecule has 1 aliphatic heterocycles. The van der Waals surface area contributed by atoms with Gasteiger partial charge < -0.3 is 4.74 Å². The van der Waals surface area contributed by atoms with Crippen LogP contribution in [0.1, 0.15) is 40.4 Å². The molecule has 7 aromatic rings. The number of allylic oxidation sites excluding steroid dienone is 4. The number of fused-ring (bicyclic) bond motifs is 9. The predicted molar refractivity (Wildman–Crippen MR) is 191 cm³/mol. The largest absolute Gasteiger partial charge is 0.457 e. The lowest BCUT2D eigenvalue weighted by Gasteiger charge is -2.41. The van der Waals surface area contributed by atoms with Gasteiger partial charge in [-0.15, -0.1) is 0 Å². The fourth-order valence-corrected chi connectivity index (χ4v) is 8.04. The first-order valence-electron chi connectivity index (χ1n) is 16.5. The first kappa shape index (κ1) is 27.0. The molecule has 1 aromatic heterocycles. The van der Waals surface area contributed by atoms with Gasteiger partial charge in [-0.25, -0.2) is 15.0 Å². The highest BCUT2D eigenvalue weighted by molar-refractivity contribution is 5.92. The molecule has 0 saturated carbocycles. The van der Waals surface area contributed by atoms with Crippen molar-refractivity contribution >= 4 is 16.3 Å². The van der Waals surface area contributed by atoms with Gasteiger partial charge in [0.2, 0.25) is 0 Å². The molecule has 10 rings (SSSR count). The number of para-hydroxylation sites is 2. The van der Waals surface area contributed by atoms with E-state index in [9.17, 15) is 0 Å². The SMILES string of the molecule is C1=CC(c2nc(-c3ccccc3)nc(-c3ccc4ccccc4c3)n2)CC2=C1c1ccccc1C21c2ccccc2Oc2ccccc21. The van der Waals surface area contributed by atoms with Crippen LogP contribution in [-0.4, -0.2) is 15.0 Å². The molecule has 1 spiro atoms. The lowest BCUT2D eigenvalue weighted by molar-refractivity contribution is 0.430. The van der Waals surface area contributed by atoms with E-state index >= 15 is 0 Å². The Morgan fingerprint density at radius 3 is 1.94 bits per heavy atom. The lowest BCUT2D eigenvalue weighted by atomic mass is 9.63. The molecule has 6 aromatic carbocycles. The summed E-state index contributed by atoms with van der Waals surface area (Å²) < 4.78 is 6.56. The first-order valence-corrected chi connectivity index (χ1v) is 16.5. The fourth-order valence-electron chi connectivity index (χ4n) is 8.04. The van der Waals surface area contributed by atoms with E-state index in [0.717, 1.165) is 40.3 Å². The molecule has 0 amide bonds. The fraction of sp³-hybridized carbons (Fsp3) is 0.0682. The van der Waals surface area contributed by atoms with Crippen molar-refractivity contribution in [3.05, 3.63) is 191 Å². The molecule has 48 heavy (non-hydrogen) atoms. The third kappa shape index (κ3) is 3.93. The van der Waals surface area contributed by atoms with Gasteiger partial charge in [0.25, 0.3) is 0 Å². The minimum Gasteiger partial charge on any atom is -0.457 e. The molecule has 4 heteroatoms. The van der Waals surface area contributed by atoms with Crippen molar-refractivity contribution in [2.45, 2.75) is 17.8 Å². The average Bonchev–Trinajstić information content (AvgIpc) is 3.45. The summed E-state index contributed by atoms with van der Waals surface area (Å²) in [6, 6.07) is 51.0. The Hall–Kier alpha value is -6.13. The second-order valence-electron chi connectivity index (χ2n) is 12.7. The van der Waals surface area contributed by atoms with Crippen molar-refractivity contribution in [1.82, 2.24) is 15.0 Å². The lowest BCUT2D eigenvalue weighted by Crippen LogP contribution is -2.34. The second-order valence-corrected chi connectivity index (χ2v) is 12.7. The zero-order chi connectivity index (χ0) is 31.7. The normalized spacial score (nSPS) is 16.6. The summed E-state index contributed by atoms with van der Waals surface area (Å²) in [5.74, 6) is 3.88. The highest BCUT2D eigenvalue weighted by atomic mass is 16.5. The van der Waals surface area contributed by atoms with Gasteiger partial charge in [-0.2, -0.15) is 0 Å². The summed E-state index contributed by atoms with van der Waals surface area (Å²) in [6.45, 7) is 0. The van der Waals surface area contributed by atoms with E-state index in [1.54, 1.807) is 0 Å². The highest BCUT2D eigenvalue weighted by Gasteiger charge is 2.52. The number of rotatable bonds is 3. The number of hydrogen-bond donors (Lipinski definition) is 0. The van der Waals surface area contributed by atoms with Crippen LogP contribution in [0.4, 0.5) is 0 Å². The van der Waals surface area contributed by atoms with Gasteiger partial charge >= 0.3 is 0 Å². The highest BCUT2D eigenvalue weighted by Crippen LogP contribution is 2.63. The number of ether oxygens (including phenoxy) is 1. The van der Waals surface area contributed by atoms with E-state index in [1.807, 2.05) is 18.2 Å². The minimum absolute atomic E-state index is 0.0539. The minimum atomic E-state index is -0.489. The van der Waals surface area contributed by atoms with E-state index in [1.165, 1.54) is 38.8 Å². The van der Waals surface area contributed by atoms with Crippen LogP contribution in [-0.2, 0) is 5.41 Å². The quantitative estimate of drug-likeness (QED) is 0.198. The summed E-state index contributed by atoms with van der Waals surface area (Å²) in [6.07, 6.45) is 5.36. The molecule has 0 radical (unpaired) electrons. The van der Waals surface area contributed by atoms with E-state index in [0.29, 0.717) is 11.6 Å². The molecule has 3 aliphatic rings. The molecule has 2 heterocycles. The third-order valence-corrected chi connectivity index (χ3v) is 10.1. The van der Waals surface area contributed by atoms with Crippen molar-refractivity contribution < 1.29 is 4.74 Å². The molecule has 0 bridgehead atoms. The summed E-state index contributed by atoms with van der Waals surface area (Å²) in [7, 11) is 0. The van der Waals surface area contributed by atoms with Crippen molar-refractivity contribution in [2.24, 2.45) is 0 Å². The molecule has 1 atom stereocenters. The molecule has 0 fully saturated rings. The van der Waals surface area contributed by atoms with Crippen molar-refractivity contribution in [3.8, 4) is 34.3 Å². The summed E-state index contributed by atoms with van der Waals surface area (Å²) in [5, 5.41) is 2.35. The Morgan fingerprint density at radius 1 is 0.542 bits per heavy atom. The summed E-state index contributed by atoms with van der Waals surface area (Å²) >= 11 is 0. The van der Waals surface area contributed by atoms with Gasteiger partial charge in [0.15, 0.2) is 11.6 Å². The van der Waals surface area contributed by atoms with Crippen LogP contribution >= 0.6 is 0 Å². The number of nitrogens with zero attached hydrogens (tertiary/aromatic N) is 3. The van der Waals surface area contributed by atoms with Crippen LogP contribution < -0.4 is 4.74 Å². The maximum Gasteiger partial charge on any atom is 0.163 e. The molecule has 1 unspecified atom stereocenters. The second kappa shape index (κ2) is 10.4. The average molecular weight is 616 g/mol. The molecular weight excluding hydrogens is 587 g/mol. The molecule has 4 nitrogen and oxygen atoms in total. The molecular formula is C44H29N3O. The predicted octanol–water partition coefficient (Wildman–Crippen LogP) is 10.3. The maximum absolute atomic E-state index is 6.56. The van der Waals surface area contributed by atoms with Gasteiger partial charge in [0.1, 0.15) is 17.3 Å². The topological polar surface area (TPSA) is 47.9 Å². The molecule has 0 N–H and O–H groups in total. The van der Waals surface area contributed by atoms with Gasteiger partial charge in [-0.1, -0.05) is 140 Å².